The summed E-state index contributed by atoms with van der Waals surface area (Å²) in [5.41, 5.74) is 3.88. The fourth-order valence-corrected chi connectivity index (χ4v) is 3.39. The van der Waals surface area contributed by atoms with Crippen molar-refractivity contribution < 1.29 is 8.42 Å². The third kappa shape index (κ3) is 3.08. The van der Waals surface area contributed by atoms with Crippen LogP contribution in [0.25, 0.3) is 0 Å². The quantitative estimate of drug-likeness (QED) is 0.940. The van der Waals surface area contributed by atoms with Crippen molar-refractivity contribution in [2.24, 2.45) is 0 Å². The Morgan fingerprint density at radius 2 is 1.55 bits per heavy atom. The predicted octanol–water partition coefficient (Wildman–Crippen LogP) is 3.09. The van der Waals surface area contributed by atoms with Gasteiger partial charge in [0.2, 0.25) is 10.0 Å². The minimum Gasteiger partial charge on any atom is -0.207 e. The van der Waals surface area contributed by atoms with E-state index >= 15 is 0 Å². The van der Waals surface area contributed by atoms with Gasteiger partial charge in [0.05, 0.1) is 4.90 Å². The second-order valence-electron chi connectivity index (χ2n) is 4.94. The van der Waals surface area contributed by atoms with E-state index in [1.165, 1.54) is 0 Å². The van der Waals surface area contributed by atoms with Gasteiger partial charge in [0.15, 0.2) is 0 Å². The summed E-state index contributed by atoms with van der Waals surface area (Å²) in [6.45, 7) is 6.08. The summed E-state index contributed by atoms with van der Waals surface area (Å²) < 4.78 is 27.4. The van der Waals surface area contributed by atoms with Gasteiger partial charge in [-0.1, -0.05) is 36.4 Å². The normalized spacial score (nSPS) is 11.6. The number of benzene rings is 2. The third-order valence-electron chi connectivity index (χ3n) is 3.61. The highest BCUT2D eigenvalue weighted by atomic mass is 32.2. The maximum atomic E-state index is 12.4. The van der Waals surface area contributed by atoms with Crippen molar-refractivity contribution in [1.29, 1.82) is 0 Å². The smallest absolute Gasteiger partial charge is 0.207 e. The van der Waals surface area contributed by atoms with Crippen molar-refractivity contribution in [3.8, 4) is 0 Å². The fourth-order valence-electron chi connectivity index (χ4n) is 2.07. The Hall–Kier alpha value is -1.65. The minimum absolute atomic E-state index is 0.301. The van der Waals surface area contributed by atoms with Crippen LogP contribution in [0.5, 0.6) is 0 Å². The number of nitrogens with one attached hydrogen (secondary N) is 1. The van der Waals surface area contributed by atoms with E-state index in [-0.39, 0.29) is 0 Å². The van der Waals surface area contributed by atoms with Crippen LogP contribution in [0.4, 0.5) is 0 Å². The first-order chi connectivity index (χ1) is 9.42. The van der Waals surface area contributed by atoms with Gasteiger partial charge in [-0.3, -0.25) is 0 Å². The molecule has 2 aromatic carbocycles. The molecule has 0 aliphatic carbocycles. The Labute approximate surface area is 120 Å². The molecule has 2 aromatic rings. The lowest BCUT2D eigenvalue weighted by Crippen LogP contribution is -2.24. The third-order valence-corrected chi connectivity index (χ3v) is 5.15. The topological polar surface area (TPSA) is 46.2 Å². The molecule has 1 N–H and O–H groups in total. The monoisotopic (exact) mass is 289 g/mol. The molecule has 0 saturated carbocycles. The van der Waals surface area contributed by atoms with Crippen molar-refractivity contribution in [2.75, 3.05) is 0 Å². The van der Waals surface area contributed by atoms with Crippen molar-refractivity contribution in [2.45, 2.75) is 32.2 Å². The average Bonchev–Trinajstić information content (AvgIpc) is 2.44. The van der Waals surface area contributed by atoms with Crippen LogP contribution in [0.1, 0.15) is 22.3 Å². The highest BCUT2D eigenvalue weighted by Gasteiger charge is 2.17. The van der Waals surface area contributed by atoms with Crippen LogP contribution >= 0.6 is 0 Å². The van der Waals surface area contributed by atoms with Gasteiger partial charge in [-0.15, -0.1) is 0 Å². The molecule has 106 valence electrons. The van der Waals surface area contributed by atoms with Crippen LogP contribution < -0.4 is 4.72 Å². The Morgan fingerprint density at radius 1 is 0.900 bits per heavy atom. The average molecular weight is 289 g/mol. The zero-order chi connectivity index (χ0) is 14.8. The van der Waals surface area contributed by atoms with Gasteiger partial charge >= 0.3 is 0 Å². The molecule has 0 aliphatic heterocycles. The molecule has 2 rings (SSSR count). The lowest BCUT2D eigenvalue weighted by molar-refractivity contribution is 0.580. The Bertz CT molecular complexity index is 707. The van der Waals surface area contributed by atoms with E-state index in [9.17, 15) is 8.42 Å². The molecular formula is C16H19NO2S. The van der Waals surface area contributed by atoms with Gasteiger partial charge in [-0.05, 0) is 49.1 Å². The molecule has 0 fully saturated rings. The first-order valence-electron chi connectivity index (χ1n) is 6.52. The van der Waals surface area contributed by atoms with Gasteiger partial charge < -0.3 is 0 Å². The first kappa shape index (κ1) is 14.8. The second-order valence-corrected chi connectivity index (χ2v) is 6.68. The number of aryl methyl sites for hydroxylation is 1. The van der Waals surface area contributed by atoms with E-state index in [0.29, 0.717) is 11.4 Å². The van der Waals surface area contributed by atoms with Gasteiger partial charge in [0, 0.05) is 6.54 Å². The Morgan fingerprint density at radius 3 is 2.20 bits per heavy atom. The largest absolute Gasteiger partial charge is 0.241 e. The summed E-state index contributed by atoms with van der Waals surface area (Å²) in [6.07, 6.45) is 0. The maximum absolute atomic E-state index is 12.4. The highest BCUT2D eigenvalue weighted by molar-refractivity contribution is 7.89. The molecular weight excluding hydrogens is 270 g/mol. The van der Waals surface area contributed by atoms with E-state index in [2.05, 4.69) is 4.72 Å². The molecule has 0 bridgehead atoms. The van der Waals surface area contributed by atoms with Gasteiger partial charge in [-0.2, -0.15) is 0 Å². The summed E-state index contributed by atoms with van der Waals surface area (Å²) in [7, 11) is -3.48. The Kier molecular flexibility index (Phi) is 4.26. The number of sulfonamides is 1. The van der Waals surface area contributed by atoms with Crippen LogP contribution in [0, 0.1) is 20.8 Å². The van der Waals surface area contributed by atoms with Gasteiger partial charge in [0.25, 0.3) is 0 Å². The molecule has 3 nitrogen and oxygen atoms in total. The standard InChI is InChI=1S/C16H19NO2S/c1-12-9-10-16(14(3)13(12)2)20(18,19)17-11-15-7-5-4-6-8-15/h4-10,17H,11H2,1-3H3. The van der Waals surface area contributed by atoms with Crippen LogP contribution in [-0.4, -0.2) is 8.42 Å². The number of hydrogen-bond acceptors (Lipinski definition) is 2. The van der Waals surface area contributed by atoms with Crippen LogP contribution in [-0.2, 0) is 16.6 Å². The van der Waals surface area contributed by atoms with Crippen molar-refractivity contribution in [1.82, 2.24) is 4.72 Å². The molecule has 0 aromatic heterocycles. The summed E-state index contributed by atoms with van der Waals surface area (Å²) in [4.78, 5) is 0.358. The second kappa shape index (κ2) is 5.77. The first-order valence-corrected chi connectivity index (χ1v) is 8.00. The van der Waals surface area contributed by atoms with E-state index in [1.807, 2.05) is 57.2 Å². The van der Waals surface area contributed by atoms with E-state index in [1.54, 1.807) is 6.07 Å². The van der Waals surface area contributed by atoms with E-state index < -0.39 is 10.0 Å². The molecule has 20 heavy (non-hydrogen) atoms. The summed E-state index contributed by atoms with van der Waals surface area (Å²) in [5.74, 6) is 0. The molecule has 0 heterocycles. The van der Waals surface area contributed by atoms with Crippen LogP contribution in [0.15, 0.2) is 47.4 Å². The van der Waals surface area contributed by atoms with Gasteiger partial charge in [0.1, 0.15) is 0 Å². The molecule has 0 unspecified atom stereocenters. The van der Waals surface area contributed by atoms with E-state index in [4.69, 9.17) is 0 Å². The van der Waals surface area contributed by atoms with Crippen LogP contribution in [0.3, 0.4) is 0 Å². The zero-order valence-corrected chi connectivity index (χ0v) is 12.8. The molecule has 0 amide bonds. The molecule has 0 radical (unpaired) electrons. The fraction of sp³-hybridized carbons (Fsp3) is 0.250. The summed E-state index contributed by atoms with van der Waals surface area (Å²) in [5, 5.41) is 0. The minimum atomic E-state index is -3.48. The van der Waals surface area contributed by atoms with Crippen molar-refractivity contribution >= 4 is 10.0 Å². The van der Waals surface area contributed by atoms with Crippen molar-refractivity contribution in [3.05, 3.63) is 64.7 Å². The summed E-state index contributed by atoms with van der Waals surface area (Å²) >= 11 is 0. The molecule has 0 saturated heterocycles. The van der Waals surface area contributed by atoms with E-state index in [0.717, 1.165) is 22.3 Å². The van der Waals surface area contributed by atoms with Crippen molar-refractivity contribution in [3.63, 3.8) is 0 Å². The predicted molar refractivity (Wildman–Crippen MR) is 81.1 cm³/mol. The lowest BCUT2D eigenvalue weighted by atomic mass is 10.1. The number of hydrogen-bond donors (Lipinski definition) is 1. The molecule has 0 atom stereocenters. The van der Waals surface area contributed by atoms with Gasteiger partial charge in [-0.25, -0.2) is 13.1 Å². The van der Waals surface area contributed by atoms with Crippen LogP contribution in [0.2, 0.25) is 0 Å². The Balaban J connectivity index is 2.25. The number of rotatable bonds is 4. The maximum Gasteiger partial charge on any atom is 0.241 e. The molecule has 0 aliphatic rings. The molecule has 0 spiro atoms. The molecule has 4 heteroatoms. The SMILES string of the molecule is Cc1ccc(S(=O)(=O)NCc2ccccc2)c(C)c1C. The highest BCUT2D eigenvalue weighted by Crippen LogP contribution is 2.21. The lowest BCUT2D eigenvalue weighted by Gasteiger charge is -2.12. The summed E-state index contributed by atoms with van der Waals surface area (Å²) in [6, 6.07) is 13.0. The zero-order valence-electron chi connectivity index (χ0n) is 12.0.